The number of halogens is 1. The zero-order valence-electron chi connectivity index (χ0n) is 11.9. The summed E-state index contributed by atoms with van der Waals surface area (Å²) in [5, 5.41) is 20.2. The van der Waals surface area contributed by atoms with Crippen molar-refractivity contribution in [1.29, 1.82) is 10.5 Å². The number of carbonyl (C=O) groups excluding carboxylic acids is 1. The molecule has 0 unspecified atom stereocenters. The minimum Gasteiger partial charge on any atom is -0.444 e. The van der Waals surface area contributed by atoms with E-state index in [9.17, 15) is 4.79 Å². The number of allylic oxidation sites excluding steroid dienone is 1. The van der Waals surface area contributed by atoms with E-state index in [1.54, 1.807) is 51.1 Å². The van der Waals surface area contributed by atoms with Gasteiger partial charge < -0.3 is 4.74 Å². The van der Waals surface area contributed by atoms with Gasteiger partial charge in [0.25, 0.3) is 0 Å². The Morgan fingerprint density at radius 1 is 1.33 bits per heavy atom. The third-order valence-electron chi connectivity index (χ3n) is 2.19. The molecule has 0 radical (unpaired) electrons. The van der Waals surface area contributed by atoms with Gasteiger partial charge in [-0.1, -0.05) is 22.0 Å². The molecule has 0 saturated carbocycles. The molecule has 1 N–H and O–H groups in total. The molecule has 0 saturated heterocycles. The quantitative estimate of drug-likeness (QED) is 0.811. The third-order valence-corrected chi connectivity index (χ3v) is 2.68. The van der Waals surface area contributed by atoms with Crippen molar-refractivity contribution in [2.45, 2.75) is 26.4 Å². The van der Waals surface area contributed by atoms with E-state index in [1.165, 1.54) is 6.08 Å². The van der Waals surface area contributed by atoms with Crippen LogP contribution in [0.2, 0.25) is 0 Å². The Hall–Kier alpha value is -2.31. The van der Waals surface area contributed by atoms with Crippen molar-refractivity contribution in [1.82, 2.24) is 0 Å². The predicted octanol–water partition coefficient (Wildman–Crippen LogP) is 4.23. The van der Waals surface area contributed by atoms with Gasteiger partial charge in [0.05, 0.1) is 5.69 Å². The van der Waals surface area contributed by atoms with Gasteiger partial charge in [-0.25, -0.2) is 4.79 Å². The molecule has 0 heterocycles. The molecule has 0 bridgehead atoms. The summed E-state index contributed by atoms with van der Waals surface area (Å²) in [7, 11) is 0. The summed E-state index contributed by atoms with van der Waals surface area (Å²) in [6.07, 6.45) is 0.796. The van der Waals surface area contributed by atoms with E-state index in [0.29, 0.717) is 11.3 Å². The lowest BCUT2D eigenvalue weighted by Crippen LogP contribution is -2.27. The average molecular weight is 348 g/mol. The zero-order valence-corrected chi connectivity index (χ0v) is 13.5. The fourth-order valence-corrected chi connectivity index (χ4v) is 1.78. The van der Waals surface area contributed by atoms with E-state index in [-0.39, 0.29) is 5.57 Å². The number of nitriles is 2. The van der Waals surface area contributed by atoms with Crippen LogP contribution in [0.15, 0.2) is 28.2 Å². The SMILES string of the molecule is CC(C)(C)OC(=O)Nc1cc(Br)ccc1C=C(C#N)C#N. The fourth-order valence-electron chi connectivity index (χ4n) is 1.42. The molecule has 1 rings (SSSR count). The predicted molar refractivity (Wildman–Crippen MR) is 83.2 cm³/mol. The third kappa shape index (κ3) is 5.68. The molecule has 0 aliphatic carbocycles. The van der Waals surface area contributed by atoms with Crippen LogP contribution in [0.3, 0.4) is 0 Å². The molecule has 108 valence electrons. The first-order chi connectivity index (χ1) is 9.75. The van der Waals surface area contributed by atoms with Crippen LogP contribution in [0.4, 0.5) is 10.5 Å². The lowest BCUT2D eigenvalue weighted by Gasteiger charge is -2.20. The van der Waals surface area contributed by atoms with Gasteiger partial charge in [-0.15, -0.1) is 0 Å². The van der Waals surface area contributed by atoms with Gasteiger partial charge in [-0.2, -0.15) is 10.5 Å². The highest BCUT2D eigenvalue weighted by Gasteiger charge is 2.17. The van der Waals surface area contributed by atoms with Gasteiger partial charge in [-0.3, -0.25) is 5.32 Å². The second-order valence-electron chi connectivity index (χ2n) is 5.14. The largest absolute Gasteiger partial charge is 0.444 e. The van der Waals surface area contributed by atoms with E-state index in [0.717, 1.165) is 4.47 Å². The fraction of sp³-hybridized carbons (Fsp3) is 0.267. The van der Waals surface area contributed by atoms with Crippen LogP contribution in [0, 0.1) is 22.7 Å². The first kappa shape index (κ1) is 16.7. The Bertz CT molecular complexity index is 645. The highest BCUT2D eigenvalue weighted by molar-refractivity contribution is 9.10. The number of nitrogens with one attached hydrogen (secondary N) is 1. The van der Waals surface area contributed by atoms with Gasteiger partial charge in [-0.05, 0) is 39.0 Å². The van der Waals surface area contributed by atoms with Gasteiger partial charge in [0, 0.05) is 10.0 Å². The zero-order chi connectivity index (χ0) is 16.0. The summed E-state index contributed by atoms with van der Waals surface area (Å²) in [5.74, 6) is 0. The molecule has 6 heteroatoms. The number of carbonyl (C=O) groups is 1. The van der Waals surface area contributed by atoms with Gasteiger partial charge in [0.15, 0.2) is 0 Å². The topological polar surface area (TPSA) is 85.9 Å². The van der Waals surface area contributed by atoms with Crippen LogP contribution in [-0.2, 0) is 4.74 Å². The van der Waals surface area contributed by atoms with Crippen molar-refractivity contribution < 1.29 is 9.53 Å². The van der Waals surface area contributed by atoms with Gasteiger partial charge >= 0.3 is 6.09 Å². The minimum absolute atomic E-state index is 0.0513. The highest BCUT2D eigenvalue weighted by Crippen LogP contribution is 2.24. The van der Waals surface area contributed by atoms with Crippen LogP contribution in [-0.4, -0.2) is 11.7 Å². The molecule has 5 nitrogen and oxygen atoms in total. The van der Waals surface area contributed by atoms with Crippen LogP contribution < -0.4 is 5.32 Å². The van der Waals surface area contributed by atoms with E-state index < -0.39 is 11.7 Å². The molecule has 0 aromatic heterocycles. The molecule has 0 spiro atoms. The summed E-state index contributed by atoms with van der Waals surface area (Å²) < 4.78 is 5.93. The monoisotopic (exact) mass is 347 g/mol. The van der Waals surface area contributed by atoms with Crippen LogP contribution in [0.5, 0.6) is 0 Å². The summed E-state index contributed by atoms with van der Waals surface area (Å²) in [4.78, 5) is 11.8. The van der Waals surface area contributed by atoms with E-state index in [2.05, 4.69) is 21.2 Å². The summed E-state index contributed by atoms with van der Waals surface area (Å²) in [6, 6.07) is 8.66. The number of hydrogen-bond acceptors (Lipinski definition) is 4. The first-order valence-corrected chi connectivity index (χ1v) is 6.86. The molecule has 0 atom stereocenters. The van der Waals surface area contributed by atoms with Gasteiger partial charge in [0.1, 0.15) is 23.3 Å². The lowest BCUT2D eigenvalue weighted by atomic mass is 10.1. The molecule has 0 aliphatic rings. The maximum Gasteiger partial charge on any atom is 0.412 e. The van der Waals surface area contributed by atoms with E-state index in [1.807, 2.05) is 0 Å². The highest BCUT2D eigenvalue weighted by atomic mass is 79.9. The first-order valence-electron chi connectivity index (χ1n) is 6.06. The number of hydrogen-bond donors (Lipinski definition) is 1. The maximum atomic E-state index is 11.8. The summed E-state index contributed by atoms with van der Waals surface area (Å²) in [5.41, 5.74) is 0.324. The van der Waals surface area contributed by atoms with E-state index in [4.69, 9.17) is 15.3 Å². The van der Waals surface area contributed by atoms with Crippen LogP contribution in [0.25, 0.3) is 6.08 Å². The van der Waals surface area contributed by atoms with Crippen LogP contribution in [0.1, 0.15) is 26.3 Å². The molecule has 1 aromatic carbocycles. The number of benzene rings is 1. The molecule has 0 aliphatic heterocycles. The Morgan fingerprint density at radius 2 is 1.95 bits per heavy atom. The molecular formula is C15H14BrN3O2. The van der Waals surface area contributed by atoms with Crippen LogP contribution >= 0.6 is 15.9 Å². The molecule has 0 fully saturated rings. The average Bonchev–Trinajstić information content (AvgIpc) is 2.35. The number of amides is 1. The Labute approximate surface area is 132 Å². The summed E-state index contributed by atoms with van der Waals surface area (Å²) in [6.45, 7) is 5.29. The smallest absolute Gasteiger partial charge is 0.412 e. The normalized spacial score (nSPS) is 10.0. The number of anilines is 1. The maximum absolute atomic E-state index is 11.8. The van der Waals surface area contributed by atoms with Crippen molar-refractivity contribution >= 4 is 33.8 Å². The van der Waals surface area contributed by atoms with Crippen molar-refractivity contribution in [3.8, 4) is 12.1 Å². The molecular weight excluding hydrogens is 334 g/mol. The minimum atomic E-state index is -0.615. The second-order valence-corrected chi connectivity index (χ2v) is 6.06. The standard InChI is InChI=1S/C15H14BrN3O2/c1-15(2,3)21-14(20)19-13-7-12(16)5-4-11(13)6-10(8-17)9-18/h4-7H,1-3H3,(H,19,20). The number of ether oxygens (including phenoxy) is 1. The van der Waals surface area contributed by atoms with Crippen molar-refractivity contribution in [2.75, 3.05) is 5.32 Å². The van der Waals surface area contributed by atoms with Crippen molar-refractivity contribution in [2.24, 2.45) is 0 Å². The Morgan fingerprint density at radius 3 is 2.48 bits per heavy atom. The lowest BCUT2D eigenvalue weighted by molar-refractivity contribution is 0.0636. The Balaban J connectivity index is 3.10. The second kappa shape index (κ2) is 6.92. The molecule has 21 heavy (non-hydrogen) atoms. The Kier molecular flexibility index (Phi) is 5.52. The summed E-state index contributed by atoms with van der Waals surface area (Å²) >= 11 is 3.31. The van der Waals surface area contributed by atoms with Crippen molar-refractivity contribution in [3.05, 3.63) is 33.8 Å². The number of nitrogens with zero attached hydrogens (tertiary/aromatic N) is 2. The van der Waals surface area contributed by atoms with E-state index >= 15 is 0 Å². The molecule has 1 aromatic rings. The van der Waals surface area contributed by atoms with Crippen molar-refractivity contribution in [3.63, 3.8) is 0 Å². The number of rotatable bonds is 2. The molecule has 1 amide bonds. The van der Waals surface area contributed by atoms with Gasteiger partial charge in [0.2, 0.25) is 0 Å².